The van der Waals surface area contributed by atoms with Crippen LogP contribution in [0.15, 0.2) is 47.5 Å². The third kappa shape index (κ3) is 5.54. The monoisotopic (exact) mass is 511 g/mol. The minimum Gasteiger partial charge on any atom is -0.494 e. The van der Waals surface area contributed by atoms with Crippen LogP contribution in [-0.2, 0) is 15.9 Å². The maximum absolute atomic E-state index is 6.67. The van der Waals surface area contributed by atoms with E-state index in [1.54, 1.807) is 28.4 Å². The molecule has 7 heteroatoms. The zero-order valence-electron chi connectivity index (χ0n) is 23.5. The summed E-state index contributed by atoms with van der Waals surface area (Å²) in [5, 5.41) is 2.03. The number of ether oxygens (including phenoxy) is 4. The zero-order chi connectivity index (χ0) is 26.7. The number of methoxy groups -OCH3 is 4. The Morgan fingerprint density at radius 1 is 1.05 bits per heavy atom. The summed E-state index contributed by atoms with van der Waals surface area (Å²) < 4.78 is 22.3. The first-order valence-corrected chi connectivity index (χ1v) is 13.5. The van der Waals surface area contributed by atoms with Gasteiger partial charge in [-0.2, -0.15) is 0 Å². The van der Waals surface area contributed by atoms with Gasteiger partial charge in [-0.3, -0.25) is 10.7 Å². The molecule has 4 unspecified atom stereocenters. The lowest BCUT2D eigenvalue weighted by molar-refractivity contribution is 0.0357. The number of rotatable bonds is 9. The molecule has 0 bridgehead atoms. The molecule has 0 aromatic heterocycles. The SMILES string of the molecule is C=C(OC)C(=CC1=C(C)CCN(N)C1CC1CC2c3cc(OC)c(OC)cc3CCN2CC1CC)OC. The summed E-state index contributed by atoms with van der Waals surface area (Å²) in [6, 6.07) is 4.91. The molecular formula is C30H45N3O4. The Kier molecular flexibility index (Phi) is 8.88. The molecule has 0 amide bonds. The maximum Gasteiger partial charge on any atom is 0.161 e. The molecule has 0 saturated carbocycles. The number of benzene rings is 1. The van der Waals surface area contributed by atoms with Crippen molar-refractivity contribution in [3.63, 3.8) is 0 Å². The van der Waals surface area contributed by atoms with Gasteiger partial charge >= 0.3 is 0 Å². The van der Waals surface area contributed by atoms with Crippen molar-refractivity contribution in [3.8, 4) is 11.5 Å². The van der Waals surface area contributed by atoms with Gasteiger partial charge in [0.25, 0.3) is 0 Å². The Morgan fingerprint density at radius 3 is 2.43 bits per heavy atom. The fourth-order valence-corrected chi connectivity index (χ4v) is 6.58. The second kappa shape index (κ2) is 11.9. The summed E-state index contributed by atoms with van der Waals surface area (Å²) in [4.78, 5) is 2.69. The van der Waals surface area contributed by atoms with Crippen LogP contribution in [-0.4, -0.2) is 64.0 Å². The summed E-state index contributed by atoms with van der Waals surface area (Å²) in [5.41, 5.74) is 5.36. The van der Waals surface area contributed by atoms with Crippen molar-refractivity contribution in [2.75, 3.05) is 48.1 Å². The lowest BCUT2D eigenvalue weighted by Crippen LogP contribution is -2.50. The normalized spacial score (nSPS) is 26.8. The number of hydrogen-bond acceptors (Lipinski definition) is 7. The summed E-state index contributed by atoms with van der Waals surface area (Å²) >= 11 is 0. The average Bonchev–Trinajstić information content (AvgIpc) is 2.92. The fraction of sp³-hybridized carbons (Fsp3) is 0.600. The highest BCUT2D eigenvalue weighted by atomic mass is 16.5. The Morgan fingerprint density at radius 2 is 1.78 bits per heavy atom. The van der Waals surface area contributed by atoms with E-state index in [4.69, 9.17) is 24.8 Å². The maximum atomic E-state index is 6.67. The first-order valence-electron chi connectivity index (χ1n) is 13.5. The fourth-order valence-electron chi connectivity index (χ4n) is 6.58. The van der Waals surface area contributed by atoms with Crippen LogP contribution in [0.4, 0.5) is 0 Å². The van der Waals surface area contributed by atoms with Gasteiger partial charge in [0, 0.05) is 31.7 Å². The molecule has 4 atom stereocenters. The molecule has 3 heterocycles. The Bertz CT molecular complexity index is 1050. The molecule has 1 aromatic rings. The van der Waals surface area contributed by atoms with Gasteiger partial charge < -0.3 is 18.9 Å². The highest BCUT2D eigenvalue weighted by Crippen LogP contribution is 2.47. The first-order chi connectivity index (χ1) is 17.8. The highest BCUT2D eigenvalue weighted by Gasteiger charge is 2.41. The van der Waals surface area contributed by atoms with E-state index in [2.05, 4.69) is 43.5 Å². The molecule has 204 valence electrons. The van der Waals surface area contributed by atoms with Crippen LogP contribution < -0.4 is 15.3 Å². The van der Waals surface area contributed by atoms with Crippen molar-refractivity contribution < 1.29 is 18.9 Å². The number of hydrazine groups is 1. The molecular weight excluding hydrogens is 466 g/mol. The average molecular weight is 512 g/mol. The van der Waals surface area contributed by atoms with Crippen molar-refractivity contribution in [1.82, 2.24) is 9.91 Å². The van der Waals surface area contributed by atoms with Gasteiger partial charge in [-0.05, 0) is 79.4 Å². The van der Waals surface area contributed by atoms with Crippen molar-refractivity contribution in [2.45, 2.75) is 58.0 Å². The molecule has 1 aromatic carbocycles. The van der Waals surface area contributed by atoms with E-state index in [0.717, 1.165) is 56.8 Å². The van der Waals surface area contributed by atoms with E-state index in [-0.39, 0.29) is 6.04 Å². The Balaban J connectivity index is 1.65. The number of hydrogen-bond donors (Lipinski definition) is 1. The van der Waals surface area contributed by atoms with E-state index in [1.807, 2.05) is 5.01 Å². The molecule has 0 radical (unpaired) electrons. The minimum absolute atomic E-state index is 0.127. The molecule has 0 spiro atoms. The first kappa shape index (κ1) is 27.6. The summed E-state index contributed by atoms with van der Waals surface area (Å²) in [7, 11) is 6.71. The van der Waals surface area contributed by atoms with Crippen molar-refractivity contribution in [2.24, 2.45) is 17.7 Å². The molecule has 4 rings (SSSR count). The van der Waals surface area contributed by atoms with Crippen LogP contribution in [0.3, 0.4) is 0 Å². The van der Waals surface area contributed by atoms with Crippen molar-refractivity contribution in [1.29, 1.82) is 0 Å². The third-order valence-electron chi connectivity index (χ3n) is 8.85. The molecule has 1 fully saturated rings. The molecule has 3 aliphatic rings. The number of nitrogens with zero attached hydrogens (tertiary/aromatic N) is 2. The zero-order valence-corrected chi connectivity index (χ0v) is 23.5. The molecule has 0 aliphatic carbocycles. The van der Waals surface area contributed by atoms with Crippen LogP contribution in [0.5, 0.6) is 11.5 Å². The van der Waals surface area contributed by atoms with Gasteiger partial charge in [0.15, 0.2) is 23.0 Å². The van der Waals surface area contributed by atoms with Crippen molar-refractivity contribution >= 4 is 0 Å². The van der Waals surface area contributed by atoms with Gasteiger partial charge in [-0.25, -0.2) is 5.01 Å². The number of fused-ring (bicyclic) bond motifs is 3. The largest absolute Gasteiger partial charge is 0.494 e. The van der Waals surface area contributed by atoms with Crippen LogP contribution in [0.2, 0.25) is 0 Å². The predicted molar refractivity (Wildman–Crippen MR) is 147 cm³/mol. The minimum atomic E-state index is 0.127. The summed E-state index contributed by atoms with van der Waals surface area (Å²) in [5.74, 6) is 10.7. The predicted octanol–water partition coefficient (Wildman–Crippen LogP) is 4.99. The van der Waals surface area contributed by atoms with E-state index in [0.29, 0.717) is 29.4 Å². The Hall–Kier alpha value is -2.48. The molecule has 7 nitrogen and oxygen atoms in total. The standard InChI is InChI=1S/C30H45N3O4/c1-8-21-18-32-11-10-22-15-29(36-6)30(37-7)17-25(22)26(32)13-23(21)14-27-24(19(2)9-12-33(27)31)16-28(35-5)20(3)34-4/h15-17,21,23,26-27H,3,8-14,18,31H2,1-2,4-7H3. The van der Waals surface area contributed by atoms with Gasteiger partial charge in [-0.1, -0.05) is 25.5 Å². The van der Waals surface area contributed by atoms with Crippen LogP contribution in [0.25, 0.3) is 0 Å². The van der Waals surface area contributed by atoms with E-state index in [9.17, 15) is 0 Å². The van der Waals surface area contributed by atoms with Gasteiger partial charge in [0.05, 0.1) is 28.4 Å². The van der Waals surface area contributed by atoms with Gasteiger partial charge in [0.1, 0.15) is 0 Å². The van der Waals surface area contributed by atoms with Crippen molar-refractivity contribution in [3.05, 3.63) is 58.6 Å². The topological polar surface area (TPSA) is 69.4 Å². The highest BCUT2D eigenvalue weighted by molar-refractivity contribution is 5.49. The number of piperidine rings is 1. The molecule has 1 saturated heterocycles. The third-order valence-corrected chi connectivity index (χ3v) is 8.85. The Labute approximate surface area is 222 Å². The van der Waals surface area contributed by atoms with Crippen LogP contribution in [0.1, 0.15) is 56.7 Å². The lowest BCUT2D eigenvalue weighted by Gasteiger charge is -2.49. The summed E-state index contributed by atoms with van der Waals surface area (Å²) in [6.07, 6.45) is 7.38. The molecule has 3 aliphatic heterocycles. The smallest absolute Gasteiger partial charge is 0.161 e. The lowest BCUT2D eigenvalue weighted by atomic mass is 9.72. The van der Waals surface area contributed by atoms with Gasteiger partial charge in [0.2, 0.25) is 0 Å². The summed E-state index contributed by atoms with van der Waals surface area (Å²) in [6.45, 7) is 11.6. The number of nitrogens with two attached hydrogens (primary N) is 1. The molecule has 37 heavy (non-hydrogen) atoms. The van der Waals surface area contributed by atoms with Crippen LogP contribution >= 0.6 is 0 Å². The second-order valence-electron chi connectivity index (χ2n) is 10.6. The molecule has 2 N–H and O–H groups in total. The van der Waals surface area contributed by atoms with E-state index in [1.165, 1.54) is 28.7 Å². The van der Waals surface area contributed by atoms with Crippen LogP contribution in [0, 0.1) is 11.8 Å². The van der Waals surface area contributed by atoms with E-state index < -0.39 is 0 Å². The quantitative estimate of drug-likeness (QED) is 0.284. The van der Waals surface area contributed by atoms with Gasteiger partial charge in [-0.15, -0.1) is 0 Å². The second-order valence-corrected chi connectivity index (χ2v) is 10.6. The van der Waals surface area contributed by atoms with E-state index >= 15 is 0 Å².